The second-order valence-electron chi connectivity index (χ2n) is 13.1. The maximum Gasteiger partial charge on any atom is 0.241 e. The van der Waals surface area contributed by atoms with Gasteiger partial charge in [-0.05, 0) is 44.5 Å². The van der Waals surface area contributed by atoms with E-state index in [0.717, 1.165) is 55.2 Å². The van der Waals surface area contributed by atoms with E-state index < -0.39 is 0 Å². The number of aromatic nitrogens is 1. The van der Waals surface area contributed by atoms with E-state index in [9.17, 15) is 14.0 Å². The summed E-state index contributed by atoms with van der Waals surface area (Å²) in [6, 6.07) is 9.57. The van der Waals surface area contributed by atoms with Crippen molar-refractivity contribution in [1.82, 2.24) is 25.0 Å². The molecule has 9 heteroatoms. The molecule has 4 atom stereocenters. The quantitative estimate of drug-likeness (QED) is 0.582. The summed E-state index contributed by atoms with van der Waals surface area (Å²) in [6.45, 7) is 17.5. The average molecular weight is 565 g/mol. The highest BCUT2D eigenvalue weighted by Gasteiger charge is 2.41. The first kappa shape index (κ1) is 29.6. The Hall–Kier alpha value is -2.88. The van der Waals surface area contributed by atoms with Crippen LogP contribution in [0.15, 0.2) is 36.5 Å². The lowest BCUT2D eigenvalue weighted by Gasteiger charge is -2.48. The number of halogens is 1. The summed E-state index contributed by atoms with van der Waals surface area (Å²) >= 11 is 0. The Balaban J connectivity index is 1.31. The number of hydrogen-bond acceptors (Lipinski definition) is 6. The van der Waals surface area contributed by atoms with Crippen molar-refractivity contribution in [1.29, 1.82) is 0 Å². The molecule has 4 heterocycles. The Bertz CT molecular complexity index is 1260. The van der Waals surface area contributed by atoms with Crippen molar-refractivity contribution in [3.63, 3.8) is 0 Å². The molecule has 2 aromatic rings. The summed E-state index contributed by atoms with van der Waals surface area (Å²) in [5, 5.41) is 3.62. The van der Waals surface area contributed by atoms with Gasteiger partial charge in [-0.15, -0.1) is 0 Å². The average Bonchev–Trinajstić information content (AvgIpc) is 3.18. The van der Waals surface area contributed by atoms with Crippen molar-refractivity contribution in [2.45, 2.75) is 77.5 Å². The first-order valence-corrected chi connectivity index (χ1v) is 14.9. The molecular formula is C32H45FN6O2. The summed E-state index contributed by atoms with van der Waals surface area (Å²) in [5.41, 5.74) is 3.69. The molecule has 3 aliphatic heterocycles. The number of hydrogen-bond donors (Lipinski definition) is 1. The molecule has 2 saturated heterocycles. The molecule has 1 aromatic heterocycles. The minimum atomic E-state index is -0.253. The Morgan fingerprint density at radius 3 is 2.41 bits per heavy atom. The largest absolute Gasteiger partial charge is 0.340 e. The van der Waals surface area contributed by atoms with Crippen molar-refractivity contribution >= 4 is 17.5 Å². The Morgan fingerprint density at radius 2 is 1.76 bits per heavy atom. The van der Waals surface area contributed by atoms with Crippen LogP contribution in [0.4, 0.5) is 10.1 Å². The predicted molar refractivity (Wildman–Crippen MR) is 160 cm³/mol. The van der Waals surface area contributed by atoms with Crippen LogP contribution in [-0.2, 0) is 21.4 Å². The van der Waals surface area contributed by atoms with Gasteiger partial charge in [-0.1, -0.05) is 26.0 Å². The molecule has 0 spiro atoms. The molecular weight excluding hydrogens is 519 g/mol. The topological polar surface area (TPSA) is 72.0 Å². The number of fused-ring (bicyclic) bond motifs is 1. The number of carbonyl (C=O) groups is 2. The molecule has 0 bridgehead atoms. The van der Waals surface area contributed by atoms with Gasteiger partial charge in [0.25, 0.3) is 0 Å². The number of amides is 2. The number of benzene rings is 1. The molecule has 8 nitrogen and oxygen atoms in total. The van der Waals surface area contributed by atoms with Crippen LogP contribution < -0.4 is 10.2 Å². The third kappa shape index (κ3) is 6.47. The van der Waals surface area contributed by atoms with Gasteiger partial charge in [0.1, 0.15) is 5.82 Å². The van der Waals surface area contributed by atoms with Crippen LogP contribution in [0, 0.1) is 5.82 Å². The molecule has 0 aliphatic carbocycles. The molecule has 1 aromatic carbocycles. The zero-order valence-electron chi connectivity index (χ0n) is 25.4. The van der Waals surface area contributed by atoms with Gasteiger partial charge in [-0.3, -0.25) is 24.4 Å². The standard InChI is InChI=1S/C32H45FN6O2/c1-21-15-37(28(13-34-21)18-38-22(2)16-36(24(4)40)17-23(38)3)19-31(41)39-20-32(5,6)29-14-35-27(12-30(29)39)11-25-7-9-26(33)10-8-25/h7-10,12,14,21-23,28,34H,11,13,15-20H2,1-6H3/t21?,22-,23-,28-/m1/s1. The van der Waals surface area contributed by atoms with Gasteiger partial charge >= 0.3 is 0 Å². The fraction of sp³-hybridized carbons (Fsp3) is 0.594. The second-order valence-corrected chi connectivity index (χ2v) is 13.1. The molecule has 5 rings (SSSR count). The Kier molecular flexibility index (Phi) is 8.51. The van der Waals surface area contributed by atoms with E-state index in [4.69, 9.17) is 4.98 Å². The molecule has 41 heavy (non-hydrogen) atoms. The summed E-state index contributed by atoms with van der Waals surface area (Å²) in [5.74, 6) is -0.0112. The lowest BCUT2D eigenvalue weighted by molar-refractivity contribution is -0.133. The molecule has 1 N–H and O–H groups in total. The zero-order chi connectivity index (χ0) is 29.5. The number of carbonyl (C=O) groups excluding carboxylic acids is 2. The Labute approximate surface area is 243 Å². The zero-order valence-corrected chi connectivity index (χ0v) is 25.4. The molecule has 222 valence electrons. The van der Waals surface area contributed by atoms with Crippen molar-refractivity contribution < 1.29 is 14.0 Å². The van der Waals surface area contributed by atoms with Gasteiger partial charge in [0.2, 0.25) is 11.8 Å². The molecule has 0 saturated carbocycles. The molecule has 0 radical (unpaired) electrons. The summed E-state index contributed by atoms with van der Waals surface area (Å²) in [7, 11) is 0. The van der Waals surface area contributed by atoms with E-state index in [1.807, 2.05) is 22.1 Å². The van der Waals surface area contributed by atoms with E-state index in [1.54, 1.807) is 19.1 Å². The molecule has 3 aliphatic rings. The van der Waals surface area contributed by atoms with Crippen LogP contribution >= 0.6 is 0 Å². The second kappa shape index (κ2) is 11.8. The van der Waals surface area contributed by atoms with Crippen LogP contribution in [-0.4, -0.2) is 101 Å². The van der Waals surface area contributed by atoms with Gasteiger partial charge in [0.05, 0.1) is 12.2 Å². The third-order valence-corrected chi connectivity index (χ3v) is 9.15. The number of anilines is 1. The maximum atomic E-state index is 14.0. The van der Waals surface area contributed by atoms with Gasteiger partial charge in [-0.25, -0.2) is 4.39 Å². The van der Waals surface area contributed by atoms with E-state index in [0.29, 0.717) is 25.6 Å². The van der Waals surface area contributed by atoms with E-state index in [2.05, 4.69) is 49.7 Å². The third-order valence-electron chi connectivity index (χ3n) is 9.15. The maximum absolute atomic E-state index is 14.0. The van der Waals surface area contributed by atoms with Crippen molar-refractivity contribution in [3.05, 3.63) is 59.2 Å². The minimum absolute atomic E-state index is 0.109. The van der Waals surface area contributed by atoms with Gasteiger partial charge in [0.15, 0.2) is 0 Å². The van der Waals surface area contributed by atoms with Crippen LogP contribution in [0.2, 0.25) is 0 Å². The normalized spacial score (nSPS) is 26.7. The summed E-state index contributed by atoms with van der Waals surface area (Å²) < 4.78 is 13.4. The minimum Gasteiger partial charge on any atom is -0.340 e. The van der Waals surface area contributed by atoms with Gasteiger partial charge in [0, 0.05) is 99.6 Å². The fourth-order valence-electron chi connectivity index (χ4n) is 6.81. The van der Waals surface area contributed by atoms with Crippen LogP contribution in [0.25, 0.3) is 0 Å². The SMILES string of the molecule is CC(=O)N1C[C@@H](C)N(C[C@H]2CNC(C)CN2CC(=O)N2CC(C)(C)c3cnc(Cc4ccc(F)cc4)cc32)[C@H](C)C1. The number of nitrogens with one attached hydrogen (secondary N) is 1. The highest BCUT2D eigenvalue weighted by atomic mass is 19.1. The van der Waals surface area contributed by atoms with E-state index in [-0.39, 0.29) is 41.2 Å². The van der Waals surface area contributed by atoms with Crippen molar-refractivity contribution in [2.75, 3.05) is 50.7 Å². The summed E-state index contributed by atoms with van der Waals surface area (Å²) in [4.78, 5) is 39.5. The molecule has 2 amide bonds. The fourth-order valence-corrected chi connectivity index (χ4v) is 6.81. The first-order chi connectivity index (χ1) is 19.4. The number of pyridine rings is 1. The van der Waals surface area contributed by atoms with E-state index >= 15 is 0 Å². The highest BCUT2D eigenvalue weighted by molar-refractivity contribution is 5.97. The lowest BCUT2D eigenvalue weighted by atomic mass is 9.88. The monoisotopic (exact) mass is 564 g/mol. The molecule has 2 fully saturated rings. The number of rotatable bonds is 6. The number of nitrogens with zero attached hydrogens (tertiary/aromatic N) is 5. The Morgan fingerprint density at radius 1 is 1.07 bits per heavy atom. The van der Waals surface area contributed by atoms with Crippen LogP contribution in [0.1, 0.15) is 58.4 Å². The van der Waals surface area contributed by atoms with Gasteiger partial charge in [-0.2, -0.15) is 0 Å². The summed E-state index contributed by atoms with van der Waals surface area (Å²) in [6.07, 6.45) is 2.50. The molecule has 1 unspecified atom stereocenters. The first-order valence-electron chi connectivity index (χ1n) is 14.9. The van der Waals surface area contributed by atoms with Crippen LogP contribution in [0.3, 0.4) is 0 Å². The lowest BCUT2D eigenvalue weighted by Crippen LogP contribution is -2.65. The number of piperazine rings is 2. The highest BCUT2D eigenvalue weighted by Crippen LogP contribution is 2.40. The van der Waals surface area contributed by atoms with Crippen molar-refractivity contribution in [3.8, 4) is 0 Å². The van der Waals surface area contributed by atoms with Crippen molar-refractivity contribution in [2.24, 2.45) is 0 Å². The van der Waals surface area contributed by atoms with Crippen LogP contribution in [0.5, 0.6) is 0 Å². The van der Waals surface area contributed by atoms with E-state index in [1.165, 1.54) is 12.1 Å². The predicted octanol–water partition coefficient (Wildman–Crippen LogP) is 3.04. The van der Waals surface area contributed by atoms with Gasteiger partial charge < -0.3 is 15.1 Å². The smallest absolute Gasteiger partial charge is 0.241 e.